The van der Waals surface area contributed by atoms with Crippen molar-refractivity contribution in [2.24, 2.45) is 0 Å². The second-order valence-electron chi connectivity index (χ2n) is 4.68. The van der Waals surface area contributed by atoms with Crippen molar-refractivity contribution in [3.8, 4) is 0 Å². The lowest BCUT2D eigenvalue weighted by molar-refractivity contribution is -0.385. The number of rotatable bonds is 4. The highest BCUT2D eigenvalue weighted by atomic mass is 35.5. The fraction of sp³-hybridized carbons (Fsp3) is 0.200. The van der Waals surface area contributed by atoms with Crippen molar-refractivity contribution in [1.29, 1.82) is 0 Å². The standard InChI is InChI=1S/C15H15ClN2O2/c1-10-6-7-14(9-15(10)18(19)20)17-11(2)12-4-3-5-13(16)8-12/h3-9,11,17H,1-2H3. The summed E-state index contributed by atoms with van der Waals surface area (Å²) in [6, 6.07) is 12.7. The zero-order valence-corrected chi connectivity index (χ0v) is 12.0. The molecular formula is C15H15ClN2O2. The van der Waals surface area contributed by atoms with Crippen molar-refractivity contribution in [1.82, 2.24) is 0 Å². The molecular weight excluding hydrogens is 276 g/mol. The van der Waals surface area contributed by atoms with Crippen LogP contribution in [0.4, 0.5) is 11.4 Å². The van der Waals surface area contributed by atoms with Crippen molar-refractivity contribution in [3.05, 3.63) is 68.7 Å². The number of nitro benzene ring substituents is 1. The van der Waals surface area contributed by atoms with Crippen molar-refractivity contribution in [2.45, 2.75) is 19.9 Å². The van der Waals surface area contributed by atoms with Gasteiger partial charge in [0, 0.05) is 28.4 Å². The van der Waals surface area contributed by atoms with Crippen LogP contribution in [0, 0.1) is 17.0 Å². The third kappa shape index (κ3) is 3.27. The number of aryl methyl sites for hydroxylation is 1. The summed E-state index contributed by atoms with van der Waals surface area (Å²) in [5.74, 6) is 0. The zero-order valence-electron chi connectivity index (χ0n) is 11.3. The lowest BCUT2D eigenvalue weighted by Crippen LogP contribution is -2.07. The molecule has 0 aliphatic carbocycles. The number of hydrogen-bond acceptors (Lipinski definition) is 3. The molecule has 4 nitrogen and oxygen atoms in total. The highest BCUT2D eigenvalue weighted by Gasteiger charge is 2.12. The first-order valence-electron chi connectivity index (χ1n) is 6.24. The molecule has 2 rings (SSSR count). The Kier molecular flexibility index (Phi) is 4.25. The molecule has 0 aliphatic heterocycles. The first kappa shape index (κ1) is 14.3. The molecule has 1 unspecified atom stereocenters. The Hall–Kier alpha value is -2.07. The maximum Gasteiger partial charge on any atom is 0.274 e. The lowest BCUT2D eigenvalue weighted by Gasteiger charge is -2.16. The first-order valence-corrected chi connectivity index (χ1v) is 6.62. The van der Waals surface area contributed by atoms with E-state index < -0.39 is 0 Å². The summed E-state index contributed by atoms with van der Waals surface area (Å²) in [5.41, 5.74) is 2.51. The Bertz CT molecular complexity index is 644. The summed E-state index contributed by atoms with van der Waals surface area (Å²) < 4.78 is 0. The van der Waals surface area contributed by atoms with E-state index in [4.69, 9.17) is 11.6 Å². The molecule has 5 heteroatoms. The summed E-state index contributed by atoms with van der Waals surface area (Å²) in [5, 5.41) is 14.9. The molecule has 0 aromatic heterocycles. The van der Waals surface area contributed by atoms with Gasteiger partial charge in [-0.05, 0) is 37.6 Å². The van der Waals surface area contributed by atoms with E-state index in [1.165, 1.54) is 0 Å². The highest BCUT2D eigenvalue weighted by Crippen LogP contribution is 2.26. The summed E-state index contributed by atoms with van der Waals surface area (Å²) >= 11 is 5.96. The van der Waals surface area contributed by atoms with Crippen LogP contribution in [-0.4, -0.2) is 4.92 Å². The molecule has 1 atom stereocenters. The topological polar surface area (TPSA) is 55.2 Å². The van der Waals surface area contributed by atoms with Gasteiger partial charge in [-0.2, -0.15) is 0 Å². The maximum absolute atomic E-state index is 10.9. The Balaban J connectivity index is 2.22. The fourth-order valence-corrected chi connectivity index (χ4v) is 2.20. The highest BCUT2D eigenvalue weighted by molar-refractivity contribution is 6.30. The fourth-order valence-electron chi connectivity index (χ4n) is 2.01. The van der Waals surface area contributed by atoms with Crippen LogP contribution in [0.25, 0.3) is 0 Å². The van der Waals surface area contributed by atoms with Crippen LogP contribution in [0.15, 0.2) is 42.5 Å². The van der Waals surface area contributed by atoms with E-state index in [0.717, 1.165) is 11.3 Å². The maximum atomic E-state index is 10.9. The summed E-state index contributed by atoms with van der Waals surface area (Å²) in [7, 11) is 0. The van der Waals surface area contributed by atoms with Gasteiger partial charge < -0.3 is 5.32 Å². The molecule has 0 fully saturated rings. The monoisotopic (exact) mass is 290 g/mol. The van der Waals surface area contributed by atoms with Crippen LogP contribution >= 0.6 is 11.6 Å². The molecule has 20 heavy (non-hydrogen) atoms. The van der Waals surface area contributed by atoms with Gasteiger partial charge in [0.2, 0.25) is 0 Å². The lowest BCUT2D eigenvalue weighted by atomic mass is 10.1. The van der Waals surface area contributed by atoms with E-state index >= 15 is 0 Å². The van der Waals surface area contributed by atoms with Gasteiger partial charge in [-0.15, -0.1) is 0 Å². The van der Waals surface area contributed by atoms with Gasteiger partial charge in [0.1, 0.15) is 0 Å². The van der Waals surface area contributed by atoms with Crippen molar-refractivity contribution in [2.75, 3.05) is 5.32 Å². The third-order valence-electron chi connectivity index (χ3n) is 3.14. The van der Waals surface area contributed by atoms with Crippen LogP contribution in [0.2, 0.25) is 5.02 Å². The molecule has 2 aromatic carbocycles. The molecule has 0 radical (unpaired) electrons. The number of nitrogens with zero attached hydrogens (tertiary/aromatic N) is 1. The number of nitro groups is 1. The second kappa shape index (κ2) is 5.92. The largest absolute Gasteiger partial charge is 0.378 e. The minimum absolute atomic E-state index is 0.0102. The van der Waals surface area contributed by atoms with Crippen LogP contribution in [0.3, 0.4) is 0 Å². The number of hydrogen-bond donors (Lipinski definition) is 1. The van der Waals surface area contributed by atoms with Gasteiger partial charge in [0.15, 0.2) is 0 Å². The molecule has 2 aromatic rings. The number of anilines is 1. The van der Waals surface area contributed by atoms with Gasteiger partial charge in [0.05, 0.1) is 4.92 Å². The Morgan fingerprint density at radius 2 is 2.00 bits per heavy atom. The van der Waals surface area contributed by atoms with E-state index in [0.29, 0.717) is 10.6 Å². The van der Waals surface area contributed by atoms with E-state index in [1.54, 1.807) is 19.1 Å². The third-order valence-corrected chi connectivity index (χ3v) is 3.37. The van der Waals surface area contributed by atoms with E-state index in [2.05, 4.69) is 5.32 Å². The van der Waals surface area contributed by atoms with E-state index in [9.17, 15) is 10.1 Å². The van der Waals surface area contributed by atoms with Crippen molar-refractivity contribution < 1.29 is 4.92 Å². The summed E-state index contributed by atoms with van der Waals surface area (Å²) in [4.78, 5) is 10.6. The molecule has 0 saturated heterocycles. The average molecular weight is 291 g/mol. The molecule has 0 heterocycles. The summed E-state index contributed by atoms with van der Waals surface area (Å²) in [6.07, 6.45) is 0. The quantitative estimate of drug-likeness (QED) is 0.654. The average Bonchev–Trinajstić information content (AvgIpc) is 2.40. The molecule has 1 N–H and O–H groups in total. The molecule has 0 spiro atoms. The van der Waals surface area contributed by atoms with Crippen LogP contribution in [0.5, 0.6) is 0 Å². The Morgan fingerprint density at radius 1 is 1.25 bits per heavy atom. The van der Waals surface area contributed by atoms with Crippen LogP contribution in [-0.2, 0) is 0 Å². The van der Waals surface area contributed by atoms with Gasteiger partial charge in [-0.1, -0.05) is 29.8 Å². The predicted octanol–water partition coefficient (Wildman–Crippen LogP) is 4.73. The van der Waals surface area contributed by atoms with Gasteiger partial charge in [-0.25, -0.2) is 0 Å². The SMILES string of the molecule is Cc1ccc(NC(C)c2cccc(Cl)c2)cc1[N+](=O)[O-]. The predicted molar refractivity (Wildman–Crippen MR) is 81.3 cm³/mol. The number of halogens is 1. The van der Waals surface area contributed by atoms with Crippen LogP contribution < -0.4 is 5.32 Å². The molecule has 0 bridgehead atoms. The van der Waals surface area contributed by atoms with Gasteiger partial charge in [-0.3, -0.25) is 10.1 Å². The van der Waals surface area contributed by atoms with Gasteiger partial charge in [0.25, 0.3) is 5.69 Å². The smallest absolute Gasteiger partial charge is 0.274 e. The van der Waals surface area contributed by atoms with E-state index in [1.807, 2.05) is 37.3 Å². The van der Waals surface area contributed by atoms with Crippen molar-refractivity contribution in [3.63, 3.8) is 0 Å². The van der Waals surface area contributed by atoms with Gasteiger partial charge >= 0.3 is 0 Å². The Labute approximate surface area is 122 Å². The normalized spacial score (nSPS) is 11.9. The molecule has 0 aliphatic rings. The Morgan fingerprint density at radius 3 is 2.65 bits per heavy atom. The van der Waals surface area contributed by atoms with Crippen molar-refractivity contribution >= 4 is 23.0 Å². The first-order chi connectivity index (χ1) is 9.47. The molecule has 104 valence electrons. The summed E-state index contributed by atoms with van der Waals surface area (Å²) in [6.45, 7) is 3.71. The minimum atomic E-state index is -0.370. The van der Waals surface area contributed by atoms with Crippen LogP contribution in [0.1, 0.15) is 24.1 Å². The minimum Gasteiger partial charge on any atom is -0.378 e. The zero-order chi connectivity index (χ0) is 14.7. The molecule has 0 amide bonds. The number of benzene rings is 2. The molecule has 0 saturated carbocycles. The second-order valence-corrected chi connectivity index (χ2v) is 5.12. The van der Waals surface area contributed by atoms with E-state index in [-0.39, 0.29) is 16.7 Å². The number of nitrogens with one attached hydrogen (secondary N) is 1.